The molecule has 0 spiro atoms. The van der Waals surface area contributed by atoms with Crippen molar-refractivity contribution >= 4 is 50.2 Å². The molecule has 0 radical (unpaired) electrons. The molecular formula is C16H18ClN5O4S. The summed E-state index contributed by atoms with van der Waals surface area (Å²) in [6.07, 6.45) is 4.45. The molecule has 144 valence electrons. The number of carbonyl (C=O) groups is 1. The third kappa shape index (κ3) is 3.55. The van der Waals surface area contributed by atoms with E-state index in [-0.39, 0.29) is 17.9 Å². The molecule has 0 bridgehead atoms. The van der Waals surface area contributed by atoms with Gasteiger partial charge in [-0.25, -0.2) is 12.8 Å². The van der Waals surface area contributed by atoms with Gasteiger partial charge in [-0.3, -0.25) is 15.2 Å². The van der Waals surface area contributed by atoms with Crippen molar-refractivity contribution in [2.24, 2.45) is 5.73 Å². The molecule has 0 saturated carbocycles. The number of pyridine rings is 1. The first kappa shape index (κ1) is 19.3. The molecule has 2 aromatic rings. The normalized spacial score (nSPS) is 18.3. The summed E-state index contributed by atoms with van der Waals surface area (Å²) in [5.41, 5.74) is 5.73. The zero-order valence-corrected chi connectivity index (χ0v) is 15.7. The van der Waals surface area contributed by atoms with E-state index in [9.17, 15) is 18.3 Å². The largest absolute Gasteiger partial charge is 0.480 e. The van der Waals surface area contributed by atoms with Crippen molar-refractivity contribution in [2.45, 2.75) is 30.2 Å². The molecule has 1 aliphatic heterocycles. The van der Waals surface area contributed by atoms with Crippen LogP contribution in [0.4, 0.5) is 5.69 Å². The molecule has 1 aromatic heterocycles. The van der Waals surface area contributed by atoms with Crippen LogP contribution < -0.4 is 10.2 Å². The summed E-state index contributed by atoms with van der Waals surface area (Å²) in [6, 6.07) is 3.27. The van der Waals surface area contributed by atoms with E-state index >= 15 is 0 Å². The predicted octanol–water partition coefficient (Wildman–Crippen LogP) is 1.72. The van der Waals surface area contributed by atoms with Crippen LogP contribution in [0.5, 0.6) is 0 Å². The number of rotatable bonds is 4. The van der Waals surface area contributed by atoms with Crippen molar-refractivity contribution in [1.29, 1.82) is 5.41 Å². The lowest BCUT2D eigenvalue weighted by Gasteiger charge is -2.31. The number of hydrogen-bond donors (Lipinski definition) is 3. The SMILES string of the molecule is N=C(N)N(Cl)c1cncc2cc(S(=O)(=O)N3CCCC[C@@H]3C(=O)O)ccc12. The van der Waals surface area contributed by atoms with Gasteiger partial charge in [-0.05, 0) is 31.4 Å². The molecule has 9 nitrogen and oxygen atoms in total. The molecule has 0 unspecified atom stereocenters. The minimum atomic E-state index is -3.99. The number of carboxylic acid groups (broad SMARTS) is 1. The highest BCUT2D eigenvalue weighted by atomic mass is 35.5. The van der Waals surface area contributed by atoms with Crippen LogP contribution in [-0.2, 0) is 14.8 Å². The Labute approximate surface area is 161 Å². The molecule has 0 amide bonds. The first-order valence-electron chi connectivity index (χ1n) is 8.16. The molecule has 3 rings (SSSR count). The highest BCUT2D eigenvalue weighted by Crippen LogP contribution is 2.31. The lowest BCUT2D eigenvalue weighted by Crippen LogP contribution is -2.47. The van der Waals surface area contributed by atoms with E-state index in [1.807, 2.05) is 0 Å². The molecule has 27 heavy (non-hydrogen) atoms. The lowest BCUT2D eigenvalue weighted by atomic mass is 10.1. The number of sulfonamides is 1. The van der Waals surface area contributed by atoms with Crippen LogP contribution in [-0.4, -0.2) is 47.3 Å². The highest BCUT2D eigenvalue weighted by molar-refractivity contribution is 7.89. The summed E-state index contributed by atoms with van der Waals surface area (Å²) >= 11 is 5.98. The number of benzene rings is 1. The quantitative estimate of drug-likeness (QED) is 0.395. The Morgan fingerprint density at radius 3 is 2.78 bits per heavy atom. The van der Waals surface area contributed by atoms with Gasteiger partial charge in [-0.15, -0.1) is 0 Å². The molecule has 2 heterocycles. The summed E-state index contributed by atoms with van der Waals surface area (Å²) in [4.78, 5) is 15.5. The molecule has 1 fully saturated rings. The number of carboxylic acids is 1. The highest BCUT2D eigenvalue weighted by Gasteiger charge is 2.37. The average Bonchev–Trinajstić information content (AvgIpc) is 2.66. The number of halogens is 1. The van der Waals surface area contributed by atoms with Crippen molar-refractivity contribution in [3.05, 3.63) is 30.6 Å². The third-order valence-corrected chi connectivity index (χ3v) is 6.75. The number of piperidine rings is 1. The number of aromatic nitrogens is 1. The monoisotopic (exact) mass is 411 g/mol. The second kappa shape index (κ2) is 7.29. The lowest BCUT2D eigenvalue weighted by molar-refractivity contribution is -0.142. The van der Waals surface area contributed by atoms with E-state index in [1.54, 1.807) is 0 Å². The smallest absolute Gasteiger partial charge is 0.322 e. The van der Waals surface area contributed by atoms with Crippen molar-refractivity contribution in [3.8, 4) is 0 Å². The van der Waals surface area contributed by atoms with Gasteiger partial charge in [0.2, 0.25) is 16.0 Å². The third-order valence-electron chi connectivity index (χ3n) is 4.48. The summed E-state index contributed by atoms with van der Waals surface area (Å²) in [7, 11) is -3.99. The maximum Gasteiger partial charge on any atom is 0.322 e. The minimum Gasteiger partial charge on any atom is -0.480 e. The predicted molar refractivity (Wildman–Crippen MR) is 101 cm³/mol. The second-order valence-corrected chi connectivity index (χ2v) is 8.40. The minimum absolute atomic E-state index is 0.0222. The number of aliphatic carboxylic acids is 1. The number of nitrogens with zero attached hydrogens (tertiary/aromatic N) is 3. The fourth-order valence-electron chi connectivity index (χ4n) is 3.16. The number of anilines is 1. The van der Waals surface area contributed by atoms with Crippen LogP contribution in [0.15, 0.2) is 35.5 Å². The molecule has 4 N–H and O–H groups in total. The Balaban J connectivity index is 2.06. The Bertz CT molecular complexity index is 1010. The molecule has 0 aliphatic carbocycles. The number of fused-ring (bicyclic) bond motifs is 1. The van der Waals surface area contributed by atoms with Crippen molar-refractivity contribution in [2.75, 3.05) is 11.0 Å². The number of hydrogen-bond acceptors (Lipinski definition) is 5. The maximum atomic E-state index is 13.0. The van der Waals surface area contributed by atoms with Gasteiger partial charge < -0.3 is 10.8 Å². The van der Waals surface area contributed by atoms with Crippen LogP contribution in [0.25, 0.3) is 10.8 Å². The van der Waals surface area contributed by atoms with Crippen LogP contribution in [0.3, 0.4) is 0 Å². The fourth-order valence-corrected chi connectivity index (χ4v) is 4.98. The Kier molecular flexibility index (Phi) is 5.22. The van der Waals surface area contributed by atoms with Crippen LogP contribution in [0, 0.1) is 5.41 Å². The van der Waals surface area contributed by atoms with Gasteiger partial charge in [-0.2, -0.15) is 4.31 Å². The molecule has 1 aliphatic rings. The molecule has 1 saturated heterocycles. The van der Waals surface area contributed by atoms with Crippen molar-refractivity contribution < 1.29 is 18.3 Å². The van der Waals surface area contributed by atoms with Gasteiger partial charge in [0.05, 0.1) is 16.8 Å². The summed E-state index contributed by atoms with van der Waals surface area (Å²) in [5, 5.41) is 17.8. The van der Waals surface area contributed by atoms with Gasteiger partial charge in [-0.1, -0.05) is 6.07 Å². The van der Waals surface area contributed by atoms with E-state index in [4.69, 9.17) is 22.9 Å². The van der Waals surface area contributed by atoms with Gasteiger partial charge in [0.1, 0.15) is 6.04 Å². The zero-order valence-electron chi connectivity index (χ0n) is 14.2. The number of nitrogens with two attached hydrogens (primary N) is 1. The summed E-state index contributed by atoms with van der Waals surface area (Å²) < 4.78 is 28.0. The molecular weight excluding hydrogens is 394 g/mol. The van der Waals surface area contributed by atoms with E-state index in [2.05, 4.69) is 4.98 Å². The average molecular weight is 412 g/mol. The number of nitrogens with one attached hydrogen (secondary N) is 1. The van der Waals surface area contributed by atoms with Crippen molar-refractivity contribution in [3.63, 3.8) is 0 Å². The van der Waals surface area contributed by atoms with E-state index < -0.39 is 28.0 Å². The topological polar surface area (TPSA) is 141 Å². The Morgan fingerprint density at radius 2 is 2.11 bits per heavy atom. The summed E-state index contributed by atoms with van der Waals surface area (Å²) in [5.74, 6) is -1.55. The van der Waals surface area contributed by atoms with E-state index in [0.717, 1.165) is 8.72 Å². The van der Waals surface area contributed by atoms with Gasteiger partial charge >= 0.3 is 5.97 Å². The van der Waals surface area contributed by atoms with Gasteiger partial charge in [0, 0.05) is 35.3 Å². The summed E-state index contributed by atoms with van der Waals surface area (Å²) in [6.45, 7) is 0.162. The Hall–Kier alpha value is -2.43. The first-order valence-corrected chi connectivity index (χ1v) is 9.93. The molecule has 1 aromatic carbocycles. The second-order valence-electron chi connectivity index (χ2n) is 6.17. The number of guanidine groups is 1. The van der Waals surface area contributed by atoms with Crippen molar-refractivity contribution in [1.82, 2.24) is 9.29 Å². The first-order chi connectivity index (χ1) is 12.7. The van der Waals surface area contributed by atoms with E-state index in [0.29, 0.717) is 29.3 Å². The Morgan fingerprint density at radius 1 is 1.37 bits per heavy atom. The van der Waals surface area contributed by atoms with Crippen LogP contribution in [0.1, 0.15) is 19.3 Å². The molecule has 11 heteroatoms. The van der Waals surface area contributed by atoms with Gasteiger partial charge in [0.25, 0.3) is 0 Å². The maximum absolute atomic E-state index is 13.0. The van der Waals surface area contributed by atoms with Crippen LogP contribution in [0.2, 0.25) is 0 Å². The zero-order chi connectivity index (χ0) is 19.8. The standard InChI is InChI=1S/C16H18ClN5O4S/c17-22(16(18)19)14-9-20-8-10-7-11(4-5-12(10)14)27(25,26)21-6-2-1-3-13(21)15(23)24/h4-5,7-9,13H,1-3,6H2,(H3,18,19)(H,23,24)/t13-/m1/s1. The molecule has 1 atom stereocenters. The van der Waals surface area contributed by atoms with E-state index in [1.165, 1.54) is 30.6 Å². The van der Waals surface area contributed by atoms with Gasteiger partial charge in [0.15, 0.2) is 0 Å². The van der Waals surface area contributed by atoms with Crippen LogP contribution >= 0.6 is 11.8 Å². The fraction of sp³-hybridized carbons (Fsp3) is 0.312.